The monoisotopic (exact) mass is 165 g/mol. The highest BCUT2D eigenvalue weighted by molar-refractivity contribution is 5.30. The Morgan fingerprint density at radius 1 is 1.25 bits per heavy atom. The minimum Gasteiger partial charge on any atom is -0.374 e. The van der Waals surface area contributed by atoms with Crippen LogP contribution >= 0.6 is 0 Å². The molecule has 0 bridgehead atoms. The zero-order valence-electron chi connectivity index (χ0n) is 7.76. The van der Waals surface area contributed by atoms with Crippen LogP contribution in [0, 0.1) is 13.8 Å². The van der Waals surface area contributed by atoms with Gasteiger partial charge in [0.1, 0.15) is 6.23 Å². The van der Waals surface area contributed by atoms with Crippen molar-refractivity contribution in [1.29, 1.82) is 0 Å². The van der Waals surface area contributed by atoms with E-state index in [0.717, 1.165) is 5.56 Å². The number of benzene rings is 1. The molecule has 1 unspecified atom stereocenters. The summed E-state index contributed by atoms with van der Waals surface area (Å²) < 4.78 is 0. The van der Waals surface area contributed by atoms with Crippen LogP contribution in [0.1, 0.15) is 22.9 Å². The summed E-state index contributed by atoms with van der Waals surface area (Å²) in [6, 6.07) is 5.95. The van der Waals surface area contributed by atoms with Crippen molar-refractivity contribution < 1.29 is 5.11 Å². The average Bonchev–Trinajstić information content (AvgIpc) is 2.08. The van der Waals surface area contributed by atoms with E-state index in [9.17, 15) is 5.11 Å². The van der Waals surface area contributed by atoms with E-state index in [2.05, 4.69) is 12.2 Å². The molecule has 0 radical (unpaired) electrons. The third-order valence-electron chi connectivity index (χ3n) is 2.12. The Bertz CT molecular complexity index is 271. The number of aryl methyl sites for hydroxylation is 2. The molecule has 0 aromatic heterocycles. The maximum atomic E-state index is 9.43. The minimum absolute atomic E-state index is 0.552. The molecular weight excluding hydrogens is 150 g/mol. The molecular formula is C10H15NO. The topological polar surface area (TPSA) is 32.3 Å². The summed E-state index contributed by atoms with van der Waals surface area (Å²) in [5.74, 6) is 0. The summed E-state index contributed by atoms with van der Waals surface area (Å²) in [5, 5.41) is 12.2. The molecule has 0 spiro atoms. The van der Waals surface area contributed by atoms with E-state index in [0.29, 0.717) is 0 Å². The standard InChI is InChI=1S/C10H15NO/c1-7-4-5-9(6-8(7)2)10(12)11-3/h4-6,10-12H,1-3H3. The van der Waals surface area contributed by atoms with E-state index < -0.39 is 6.23 Å². The van der Waals surface area contributed by atoms with E-state index >= 15 is 0 Å². The van der Waals surface area contributed by atoms with E-state index in [4.69, 9.17) is 0 Å². The largest absolute Gasteiger partial charge is 0.374 e. The van der Waals surface area contributed by atoms with Gasteiger partial charge < -0.3 is 5.11 Å². The molecule has 0 aliphatic rings. The summed E-state index contributed by atoms with van der Waals surface area (Å²) in [4.78, 5) is 0. The highest BCUT2D eigenvalue weighted by Gasteiger charge is 2.03. The van der Waals surface area contributed by atoms with E-state index in [1.165, 1.54) is 11.1 Å². The molecule has 1 aromatic rings. The van der Waals surface area contributed by atoms with Gasteiger partial charge >= 0.3 is 0 Å². The van der Waals surface area contributed by atoms with Crippen molar-refractivity contribution in [3.05, 3.63) is 34.9 Å². The number of rotatable bonds is 2. The maximum Gasteiger partial charge on any atom is 0.130 e. The van der Waals surface area contributed by atoms with Gasteiger partial charge in [0.2, 0.25) is 0 Å². The number of aliphatic hydroxyl groups excluding tert-OH is 1. The predicted molar refractivity (Wildman–Crippen MR) is 49.9 cm³/mol. The zero-order chi connectivity index (χ0) is 9.14. The van der Waals surface area contributed by atoms with Crippen molar-refractivity contribution in [2.75, 3.05) is 7.05 Å². The number of aliphatic hydroxyl groups is 1. The maximum absolute atomic E-state index is 9.43. The van der Waals surface area contributed by atoms with Crippen LogP contribution < -0.4 is 5.32 Å². The second kappa shape index (κ2) is 3.70. The fourth-order valence-corrected chi connectivity index (χ4v) is 1.10. The predicted octanol–water partition coefficient (Wildman–Crippen LogP) is 1.51. The molecule has 0 saturated carbocycles. The molecule has 0 aliphatic carbocycles. The van der Waals surface area contributed by atoms with E-state index in [1.54, 1.807) is 7.05 Å². The van der Waals surface area contributed by atoms with Crippen molar-refractivity contribution >= 4 is 0 Å². The van der Waals surface area contributed by atoms with Crippen LogP contribution in [0.25, 0.3) is 0 Å². The van der Waals surface area contributed by atoms with Crippen molar-refractivity contribution in [3.8, 4) is 0 Å². The van der Waals surface area contributed by atoms with Crippen LogP contribution in [0.4, 0.5) is 0 Å². The summed E-state index contributed by atoms with van der Waals surface area (Å²) in [6.45, 7) is 4.10. The van der Waals surface area contributed by atoms with Gasteiger partial charge in [0.15, 0.2) is 0 Å². The minimum atomic E-state index is -0.552. The Morgan fingerprint density at radius 3 is 2.42 bits per heavy atom. The third kappa shape index (κ3) is 1.84. The van der Waals surface area contributed by atoms with Crippen LogP contribution in [0.3, 0.4) is 0 Å². The van der Waals surface area contributed by atoms with Crippen LogP contribution in [-0.4, -0.2) is 12.2 Å². The van der Waals surface area contributed by atoms with E-state index in [-0.39, 0.29) is 0 Å². The molecule has 2 heteroatoms. The highest BCUT2D eigenvalue weighted by Crippen LogP contribution is 2.14. The number of hydrogen-bond acceptors (Lipinski definition) is 2. The molecule has 0 amide bonds. The lowest BCUT2D eigenvalue weighted by atomic mass is 10.1. The fraction of sp³-hybridized carbons (Fsp3) is 0.400. The van der Waals surface area contributed by atoms with E-state index in [1.807, 2.05) is 25.1 Å². The third-order valence-corrected chi connectivity index (χ3v) is 2.12. The molecule has 0 saturated heterocycles. The molecule has 0 fully saturated rings. The molecule has 0 heterocycles. The lowest BCUT2D eigenvalue weighted by molar-refractivity contribution is 0.149. The Balaban J connectivity index is 2.96. The van der Waals surface area contributed by atoms with Crippen LogP contribution in [-0.2, 0) is 0 Å². The highest BCUT2D eigenvalue weighted by atomic mass is 16.3. The van der Waals surface area contributed by atoms with Gasteiger partial charge in [-0.3, -0.25) is 5.32 Å². The Kier molecular flexibility index (Phi) is 2.84. The SMILES string of the molecule is CNC(O)c1ccc(C)c(C)c1. The van der Waals surface area contributed by atoms with Gasteiger partial charge in [0.25, 0.3) is 0 Å². The first-order valence-corrected chi connectivity index (χ1v) is 4.07. The number of hydrogen-bond donors (Lipinski definition) is 2. The van der Waals surface area contributed by atoms with Crippen LogP contribution in [0.2, 0.25) is 0 Å². The fourth-order valence-electron chi connectivity index (χ4n) is 1.10. The number of nitrogens with one attached hydrogen (secondary N) is 1. The van der Waals surface area contributed by atoms with Crippen molar-refractivity contribution in [1.82, 2.24) is 5.32 Å². The van der Waals surface area contributed by atoms with Crippen molar-refractivity contribution in [2.24, 2.45) is 0 Å². The Morgan fingerprint density at radius 2 is 1.92 bits per heavy atom. The molecule has 0 aliphatic heterocycles. The molecule has 1 aromatic carbocycles. The summed E-state index contributed by atoms with van der Waals surface area (Å²) in [6.07, 6.45) is -0.552. The molecule has 1 atom stereocenters. The summed E-state index contributed by atoms with van der Waals surface area (Å²) in [5.41, 5.74) is 3.38. The first-order chi connectivity index (χ1) is 5.65. The van der Waals surface area contributed by atoms with Crippen LogP contribution in [0.5, 0.6) is 0 Å². The molecule has 12 heavy (non-hydrogen) atoms. The summed E-state index contributed by atoms with van der Waals surface area (Å²) >= 11 is 0. The lowest BCUT2D eigenvalue weighted by Gasteiger charge is -2.10. The Hall–Kier alpha value is -0.860. The van der Waals surface area contributed by atoms with Gasteiger partial charge in [-0.05, 0) is 37.6 Å². The normalized spacial score (nSPS) is 13.0. The van der Waals surface area contributed by atoms with Crippen LogP contribution in [0.15, 0.2) is 18.2 Å². The van der Waals surface area contributed by atoms with Gasteiger partial charge in [0, 0.05) is 0 Å². The molecule has 1 rings (SSSR count). The van der Waals surface area contributed by atoms with Crippen molar-refractivity contribution in [2.45, 2.75) is 20.1 Å². The smallest absolute Gasteiger partial charge is 0.130 e. The molecule has 2 N–H and O–H groups in total. The summed E-state index contributed by atoms with van der Waals surface area (Å²) in [7, 11) is 1.74. The lowest BCUT2D eigenvalue weighted by Crippen LogP contribution is -2.15. The molecule has 2 nitrogen and oxygen atoms in total. The van der Waals surface area contributed by atoms with Gasteiger partial charge in [-0.25, -0.2) is 0 Å². The molecule has 66 valence electrons. The average molecular weight is 165 g/mol. The van der Waals surface area contributed by atoms with Gasteiger partial charge in [-0.1, -0.05) is 18.2 Å². The second-order valence-corrected chi connectivity index (χ2v) is 3.03. The zero-order valence-corrected chi connectivity index (χ0v) is 7.76. The second-order valence-electron chi connectivity index (χ2n) is 3.03. The van der Waals surface area contributed by atoms with Crippen molar-refractivity contribution in [3.63, 3.8) is 0 Å². The first-order valence-electron chi connectivity index (χ1n) is 4.07. The van der Waals surface area contributed by atoms with Gasteiger partial charge in [0.05, 0.1) is 0 Å². The van der Waals surface area contributed by atoms with Gasteiger partial charge in [-0.15, -0.1) is 0 Å². The Labute approximate surface area is 73.2 Å². The first kappa shape index (κ1) is 9.23. The van der Waals surface area contributed by atoms with Gasteiger partial charge in [-0.2, -0.15) is 0 Å². The quantitative estimate of drug-likeness (QED) is 0.651.